The van der Waals surface area contributed by atoms with E-state index < -0.39 is 15.8 Å². The van der Waals surface area contributed by atoms with Crippen LogP contribution in [0.1, 0.15) is 11.1 Å². The molecule has 1 aromatic carbocycles. The van der Waals surface area contributed by atoms with E-state index in [1.54, 1.807) is 0 Å². The van der Waals surface area contributed by atoms with E-state index in [1.165, 1.54) is 37.8 Å². The molecule has 20 heavy (non-hydrogen) atoms. The van der Waals surface area contributed by atoms with Crippen LogP contribution in [-0.4, -0.2) is 18.4 Å². The fourth-order valence-corrected chi connectivity index (χ4v) is 2.84. The molecule has 1 heterocycles. The Morgan fingerprint density at radius 2 is 1.95 bits per heavy atom. The van der Waals surface area contributed by atoms with Crippen molar-refractivity contribution in [1.82, 2.24) is 9.97 Å². The lowest BCUT2D eigenvalue weighted by Gasteiger charge is -2.10. The Kier molecular flexibility index (Phi) is 3.96. The Morgan fingerprint density at radius 1 is 1.30 bits per heavy atom. The van der Waals surface area contributed by atoms with Gasteiger partial charge in [0, 0.05) is 12.1 Å². The van der Waals surface area contributed by atoms with Gasteiger partial charge in [-0.25, -0.2) is 22.8 Å². The zero-order chi connectivity index (χ0) is 14.8. The van der Waals surface area contributed by atoms with Gasteiger partial charge < -0.3 is 5.73 Å². The van der Waals surface area contributed by atoms with Crippen LogP contribution in [0.3, 0.4) is 0 Å². The summed E-state index contributed by atoms with van der Waals surface area (Å²) in [6.07, 6.45) is 3.93. The Hall–Kier alpha value is -2.06. The topological polar surface area (TPSA) is 98.0 Å². The molecule has 0 saturated carbocycles. The monoisotopic (exact) mass is 296 g/mol. The van der Waals surface area contributed by atoms with Gasteiger partial charge in [-0.15, -0.1) is 0 Å². The normalized spacial score (nSPS) is 11.3. The SMILES string of the molecule is Cc1cc(S(=O)(=O)Nc2cncnc2)cc(CN)c1F. The van der Waals surface area contributed by atoms with Gasteiger partial charge in [0.15, 0.2) is 0 Å². The average molecular weight is 296 g/mol. The number of nitrogens with one attached hydrogen (secondary N) is 1. The van der Waals surface area contributed by atoms with E-state index in [1.807, 2.05) is 0 Å². The average Bonchev–Trinajstić information content (AvgIpc) is 2.42. The van der Waals surface area contributed by atoms with Gasteiger partial charge in [-0.1, -0.05) is 0 Å². The van der Waals surface area contributed by atoms with Crippen LogP contribution in [0.25, 0.3) is 0 Å². The van der Waals surface area contributed by atoms with Crippen molar-refractivity contribution in [3.63, 3.8) is 0 Å². The number of nitrogens with zero attached hydrogens (tertiary/aromatic N) is 2. The van der Waals surface area contributed by atoms with Crippen molar-refractivity contribution in [2.24, 2.45) is 5.73 Å². The van der Waals surface area contributed by atoms with Crippen molar-refractivity contribution < 1.29 is 12.8 Å². The molecular weight excluding hydrogens is 283 g/mol. The number of benzene rings is 1. The van der Waals surface area contributed by atoms with Crippen molar-refractivity contribution in [1.29, 1.82) is 0 Å². The summed E-state index contributed by atoms with van der Waals surface area (Å²) >= 11 is 0. The summed E-state index contributed by atoms with van der Waals surface area (Å²) in [6, 6.07) is 2.47. The van der Waals surface area contributed by atoms with Crippen LogP contribution in [0.5, 0.6) is 0 Å². The lowest BCUT2D eigenvalue weighted by Crippen LogP contribution is -2.15. The van der Waals surface area contributed by atoms with Crippen LogP contribution in [-0.2, 0) is 16.6 Å². The number of aryl methyl sites for hydroxylation is 1. The number of hydrogen-bond acceptors (Lipinski definition) is 5. The Bertz CT molecular complexity index is 720. The fourth-order valence-electron chi connectivity index (χ4n) is 1.68. The third-order valence-corrected chi connectivity index (χ3v) is 4.01. The molecule has 2 rings (SSSR count). The highest BCUT2D eigenvalue weighted by Gasteiger charge is 2.18. The van der Waals surface area contributed by atoms with E-state index in [4.69, 9.17) is 5.73 Å². The predicted octanol–water partition coefficient (Wildman–Crippen LogP) is 1.18. The van der Waals surface area contributed by atoms with Crippen LogP contribution in [0.2, 0.25) is 0 Å². The highest BCUT2D eigenvalue weighted by atomic mass is 32.2. The standard InChI is InChI=1S/C12H13FN4O2S/c1-8-2-11(3-9(4-14)12(8)13)20(18,19)17-10-5-15-7-16-6-10/h2-3,5-7,17H,4,14H2,1H3. The Labute approximate surface area is 115 Å². The zero-order valence-electron chi connectivity index (χ0n) is 10.7. The molecule has 0 spiro atoms. The van der Waals surface area contributed by atoms with Crippen molar-refractivity contribution in [3.8, 4) is 0 Å². The molecule has 6 nitrogen and oxygen atoms in total. The minimum absolute atomic E-state index is 0.0549. The summed E-state index contributed by atoms with van der Waals surface area (Å²) in [5.41, 5.74) is 6.00. The number of halogens is 1. The molecule has 0 bridgehead atoms. The van der Waals surface area contributed by atoms with E-state index in [0.717, 1.165) is 0 Å². The molecule has 0 aliphatic carbocycles. The molecule has 2 aromatic rings. The highest BCUT2D eigenvalue weighted by Crippen LogP contribution is 2.21. The van der Waals surface area contributed by atoms with E-state index in [2.05, 4.69) is 14.7 Å². The summed E-state index contributed by atoms with van der Waals surface area (Å²) in [4.78, 5) is 7.36. The molecule has 0 atom stereocenters. The molecule has 1 aromatic heterocycles. The Balaban J connectivity index is 2.42. The first-order valence-electron chi connectivity index (χ1n) is 5.71. The molecule has 0 radical (unpaired) electrons. The second kappa shape index (κ2) is 5.51. The molecular formula is C12H13FN4O2S. The third-order valence-electron chi connectivity index (χ3n) is 2.65. The molecule has 0 amide bonds. The van der Waals surface area contributed by atoms with Gasteiger partial charge >= 0.3 is 0 Å². The number of hydrogen-bond donors (Lipinski definition) is 2. The van der Waals surface area contributed by atoms with E-state index >= 15 is 0 Å². The number of rotatable bonds is 4. The quantitative estimate of drug-likeness (QED) is 0.883. The summed E-state index contributed by atoms with van der Waals surface area (Å²) in [6.45, 7) is 1.41. The van der Waals surface area contributed by atoms with Crippen LogP contribution < -0.4 is 10.5 Å². The molecule has 0 fully saturated rings. The maximum absolute atomic E-state index is 13.7. The molecule has 8 heteroatoms. The molecule has 0 unspecified atom stereocenters. The number of sulfonamides is 1. The van der Waals surface area contributed by atoms with Gasteiger partial charge in [0.1, 0.15) is 12.1 Å². The first kappa shape index (κ1) is 14.4. The molecule has 3 N–H and O–H groups in total. The number of nitrogens with two attached hydrogens (primary N) is 1. The highest BCUT2D eigenvalue weighted by molar-refractivity contribution is 7.92. The molecule has 106 valence electrons. The van der Waals surface area contributed by atoms with Gasteiger partial charge in [0.2, 0.25) is 0 Å². The second-order valence-corrected chi connectivity index (χ2v) is 5.83. The predicted molar refractivity (Wildman–Crippen MR) is 71.9 cm³/mol. The fraction of sp³-hybridized carbons (Fsp3) is 0.167. The zero-order valence-corrected chi connectivity index (χ0v) is 11.5. The summed E-state index contributed by atoms with van der Waals surface area (Å²) in [5, 5.41) is 0. The Morgan fingerprint density at radius 3 is 2.55 bits per heavy atom. The van der Waals surface area contributed by atoms with Crippen LogP contribution >= 0.6 is 0 Å². The van der Waals surface area contributed by atoms with Crippen LogP contribution in [0, 0.1) is 12.7 Å². The lowest BCUT2D eigenvalue weighted by molar-refractivity contribution is 0.591. The maximum Gasteiger partial charge on any atom is 0.262 e. The van der Waals surface area contributed by atoms with Gasteiger partial charge in [-0.05, 0) is 24.6 Å². The van der Waals surface area contributed by atoms with Crippen LogP contribution in [0.15, 0.2) is 35.7 Å². The first-order chi connectivity index (χ1) is 9.44. The third kappa shape index (κ3) is 2.91. The number of aromatic nitrogens is 2. The smallest absolute Gasteiger partial charge is 0.262 e. The van der Waals surface area contributed by atoms with Gasteiger partial charge in [-0.3, -0.25) is 4.72 Å². The molecule has 0 saturated heterocycles. The van der Waals surface area contributed by atoms with Crippen molar-refractivity contribution in [3.05, 3.63) is 47.8 Å². The van der Waals surface area contributed by atoms with Crippen molar-refractivity contribution in [2.75, 3.05) is 4.72 Å². The van der Waals surface area contributed by atoms with Gasteiger partial charge in [0.05, 0.1) is 23.0 Å². The summed E-state index contributed by atoms with van der Waals surface area (Å²) < 4.78 is 40.4. The van der Waals surface area contributed by atoms with Crippen LogP contribution in [0.4, 0.5) is 10.1 Å². The summed E-state index contributed by atoms with van der Waals surface area (Å²) in [7, 11) is -3.84. The van der Waals surface area contributed by atoms with E-state index in [0.29, 0.717) is 0 Å². The maximum atomic E-state index is 13.7. The molecule has 0 aliphatic heterocycles. The van der Waals surface area contributed by atoms with Gasteiger partial charge in [-0.2, -0.15) is 0 Å². The minimum Gasteiger partial charge on any atom is -0.326 e. The van der Waals surface area contributed by atoms with E-state index in [-0.39, 0.29) is 28.3 Å². The molecule has 0 aliphatic rings. The lowest BCUT2D eigenvalue weighted by atomic mass is 10.1. The largest absolute Gasteiger partial charge is 0.326 e. The number of anilines is 1. The van der Waals surface area contributed by atoms with Crippen molar-refractivity contribution in [2.45, 2.75) is 18.4 Å². The van der Waals surface area contributed by atoms with Crippen molar-refractivity contribution >= 4 is 15.7 Å². The minimum atomic E-state index is -3.84. The summed E-state index contributed by atoms with van der Waals surface area (Å²) in [5.74, 6) is -0.491. The van der Waals surface area contributed by atoms with Gasteiger partial charge in [0.25, 0.3) is 10.0 Å². The second-order valence-electron chi connectivity index (χ2n) is 4.15. The van der Waals surface area contributed by atoms with E-state index in [9.17, 15) is 12.8 Å². The first-order valence-corrected chi connectivity index (χ1v) is 7.19.